The monoisotopic (exact) mass is 365 g/mol. The minimum Gasteiger partial charge on any atom is -0.381 e. The smallest absolute Gasteiger partial charge is 0.191 e. The number of nitrogens with one attached hydrogen (secondary N) is 2. The van der Waals surface area contributed by atoms with Gasteiger partial charge < -0.3 is 20.3 Å². The molecule has 0 spiro atoms. The summed E-state index contributed by atoms with van der Waals surface area (Å²) in [5.41, 5.74) is 0. The van der Waals surface area contributed by atoms with Crippen LogP contribution in [0.1, 0.15) is 33.6 Å². The molecule has 1 saturated heterocycles. The molecule has 0 radical (unpaired) electrons. The van der Waals surface area contributed by atoms with E-state index in [1.54, 1.807) is 12.3 Å². The molecule has 2 rings (SSSR count). The van der Waals surface area contributed by atoms with Crippen LogP contribution in [0.3, 0.4) is 0 Å². The van der Waals surface area contributed by atoms with Gasteiger partial charge in [0.2, 0.25) is 0 Å². The van der Waals surface area contributed by atoms with Gasteiger partial charge in [-0.25, -0.2) is 9.37 Å². The summed E-state index contributed by atoms with van der Waals surface area (Å²) < 4.78 is 19.5. The van der Waals surface area contributed by atoms with Crippen molar-refractivity contribution in [3.8, 4) is 0 Å². The minimum absolute atomic E-state index is 0.228. The molecule has 1 aromatic heterocycles. The van der Waals surface area contributed by atoms with Crippen LogP contribution < -0.4 is 15.5 Å². The van der Waals surface area contributed by atoms with Gasteiger partial charge in [0, 0.05) is 51.6 Å². The number of guanidine groups is 1. The van der Waals surface area contributed by atoms with E-state index in [0.717, 1.165) is 58.2 Å². The molecular weight excluding hydrogens is 333 g/mol. The number of hydrogen-bond donors (Lipinski definition) is 2. The number of aliphatic imine (C=N–C) groups is 1. The summed E-state index contributed by atoms with van der Waals surface area (Å²) in [4.78, 5) is 10.8. The van der Waals surface area contributed by atoms with Gasteiger partial charge in [0.25, 0.3) is 0 Å². The summed E-state index contributed by atoms with van der Waals surface area (Å²) in [6.45, 7) is 10.9. The third-order valence-corrected chi connectivity index (χ3v) is 4.08. The molecule has 2 N–H and O–H groups in total. The maximum atomic E-state index is 13.9. The van der Waals surface area contributed by atoms with Gasteiger partial charge in [-0.15, -0.1) is 0 Å². The van der Waals surface area contributed by atoms with Gasteiger partial charge in [0.1, 0.15) is 0 Å². The Morgan fingerprint density at radius 2 is 2.35 bits per heavy atom. The van der Waals surface area contributed by atoms with Crippen molar-refractivity contribution in [3.63, 3.8) is 0 Å². The second-order valence-corrected chi connectivity index (χ2v) is 6.97. The molecule has 0 saturated carbocycles. The summed E-state index contributed by atoms with van der Waals surface area (Å²) in [7, 11) is 0. The van der Waals surface area contributed by atoms with Crippen molar-refractivity contribution in [1.29, 1.82) is 0 Å². The fourth-order valence-corrected chi connectivity index (χ4v) is 2.87. The third kappa shape index (κ3) is 6.78. The Bertz CT molecular complexity index is 567. The number of ether oxygens (including phenoxy) is 1. The van der Waals surface area contributed by atoms with Crippen molar-refractivity contribution in [2.45, 2.75) is 39.7 Å². The summed E-state index contributed by atoms with van der Waals surface area (Å²) in [5, 5.41) is 6.73. The lowest BCUT2D eigenvalue weighted by molar-refractivity contribution is 0.109. The van der Waals surface area contributed by atoms with Crippen LogP contribution in [0.4, 0.5) is 10.2 Å². The molecule has 2 heterocycles. The predicted octanol–water partition coefficient (Wildman–Crippen LogP) is 2.42. The molecule has 0 bridgehead atoms. The Kier molecular flexibility index (Phi) is 8.61. The predicted molar refractivity (Wildman–Crippen MR) is 104 cm³/mol. The number of halogens is 1. The van der Waals surface area contributed by atoms with Crippen molar-refractivity contribution in [1.82, 2.24) is 15.6 Å². The van der Waals surface area contributed by atoms with E-state index in [4.69, 9.17) is 4.74 Å². The van der Waals surface area contributed by atoms with Crippen molar-refractivity contribution < 1.29 is 9.13 Å². The summed E-state index contributed by atoms with van der Waals surface area (Å²) in [5.74, 6) is 1.53. The SMILES string of the molecule is CCNC(=NCCCOCC(C)C)NC1CCN(c2ncccc2F)C1. The summed E-state index contributed by atoms with van der Waals surface area (Å²) >= 11 is 0. The van der Waals surface area contributed by atoms with Crippen LogP contribution in [0, 0.1) is 11.7 Å². The lowest BCUT2D eigenvalue weighted by Crippen LogP contribution is -2.44. The third-order valence-electron chi connectivity index (χ3n) is 4.08. The van der Waals surface area contributed by atoms with Gasteiger partial charge in [-0.1, -0.05) is 13.8 Å². The maximum absolute atomic E-state index is 13.9. The van der Waals surface area contributed by atoms with Gasteiger partial charge in [-0.2, -0.15) is 0 Å². The largest absolute Gasteiger partial charge is 0.381 e. The minimum atomic E-state index is -0.268. The lowest BCUT2D eigenvalue weighted by atomic mass is 10.2. The number of nitrogens with zero attached hydrogens (tertiary/aromatic N) is 3. The van der Waals surface area contributed by atoms with E-state index in [0.29, 0.717) is 11.7 Å². The van der Waals surface area contributed by atoms with Gasteiger partial charge in [-0.3, -0.25) is 4.99 Å². The van der Waals surface area contributed by atoms with Crippen LogP contribution in [0.15, 0.2) is 23.3 Å². The molecule has 0 aliphatic carbocycles. The van der Waals surface area contributed by atoms with E-state index in [-0.39, 0.29) is 11.9 Å². The zero-order chi connectivity index (χ0) is 18.8. The first kappa shape index (κ1) is 20.4. The quantitative estimate of drug-likeness (QED) is 0.400. The molecule has 7 heteroatoms. The number of pyridine rings is 1. The highest BCUT2D eigenvalue weighted by molar-refractivity contribution is 5.80. The molecule has 1 atom stereocenters. The fourth-order valence-electron chi connectivity index (χ4n) is 2.87. The maximum Gasteiger partial charge on any atom is 0.191 e. The van der Waals surface area contributed by atoms with Gasteiger partial charge in [-0.05, 0) is 37.8 Å². The molecule has 146 valence electrons. The zero-order valence-corrected chi connectivity index (χ0v) is 16.2. The topological polar surface area (TPSA) is 61.8 Å². The number of aromatic nitrogens is 1. The van der Waals surface area contributed by atoms with Gasteiger partial charge in [0.15, 0.2) is 17.6 Å². The van der Waals surface area contributed by atoms with Crippen LogP contribution in [0.2, 0.25) is 0 Å². The Morgan fingerprint density at radius 1 is 1.50 bits per heavy atom. The first-order chi connectivity index (χ1) is 12.6. The molecule has 6 nitrogen and oxygen atoms in total. The Balaban J connectivity index is 1.78. The molecule has 1 aliphatic rings. The zero-order valence-electron chi connectivity index (χ0n) is 16.2. The van der Waals surface area contributed by atoms with E-state index >= 15 is 0 Å². The van der Waals surface area contributed by atoms with Crippen LogP contribution in [0.5, 0.6) is 0 Å². The average molecular weight is 365 g/mol. The molecule has 1 unspecified atom stereocenters. The second-order valence-electron chi connectivity index (χ2n) is 6.97. The first-order valence-corrected chi connectivity index (χ1v) is 9.58. The van der Waals surface area contributed by atoms with E-state index < -0.39 is 0 Å². The van der Waals surface area contributed by atoms with Crippen LogP contribution in [0.25, 0.3) is 0 Å². The van der Waals surface area contributed by atoms with Gasteiger partial charge >= 0.3 is 0 Å². The van der Waals surface area contributed by atoms with Crippen LogP contribution in [-0.4, -0.2) is 56.4 Å². The molecule has 1 aliphatic heterocycles. The highest BCUT2D eigenvalue weighted by Gasteiger charge is 2.25. The van der Waals surface area contributed by atoms with Crippen molar-refractivity contribution in [3.05, 3.63) is 24.1 Å². The van der Waals surface area contributed by atoms with E-state index in [2.05, 4.69) is 34.5 Å². The van der Waals surface area contributed by atoms with E-state index in [1.807, 2.05) is 11.8 Å². The molecule has 0 aromatic carbocycles. The number of hydrogen-bond acceptors (Lipinski definition) is 4. The van der Waals surface area contributed by atoms with E-state index in [9.17, 15) is 4.39 Å². The molecular formula is C19H32FN5O. The highest BCUT2D eigenvalue weighted by atomic mass is 19.1. The van der Waals surface area contributed by atoms with Crippen molar-refractivity contribution in [2.75, 3.05) is 44.3 Å². The van der Waals surface area contributed by atoms with E-state index in [1.165, 1.54) is 6.07 Å². The summed E-state index contributed by atoms with van der Waals surface area (Å²) in [6.07, 6.45) is 3.46. The molecule has 1 aromatic rings. The second kappa shape index (κ2) is 11.0. The lowest BCUT2D eigenvalue weighted by Gasteiger charge is -2.20. The van der Waals surface area contributed by atoms with Gasteiger partial charge in [0.05, 0.1) is 0 Å². The average Bonchev–Trinajstić information content (AvgIpc) is 3.06. The Labute approximate surface area is 156 Å². The number of rotatable bonds is 9. The van der Waals surface area contributed by atoms with Crippen molar-refractivity contribution >= 4 is 11.8 Å². The summed E-state index contributed by atoms with van der Waals surface area (Å²) in [6, 6.07) is 3.30. The Morgan fingerprint density at radius 3 is 3.08 bits per heavy atom. The standard InChI is InChI=1S/C19H32FN5O/c1-4-21-19(23-10-6-12-26-14-15(2)3)24-16-8-11-25(13-16)18-17(20)7-5-9-22-18/h5,7,9,15-16H,4,6,8,10-14H2,1-3H3,(H2,21,23,24). The first-order valence-electron chi connectivity index (χ1n) is 9.58. The van der Waals surface area contributed by atoms with Crippen molar-refractivity contribution in [2.24, 2.45) is 10.9 Å². The highest BCUT2D eigenvalue weighted by Crippen LogP contribution is 2.20. The molecule has 26 heavy (non-hydrogen) atoms. The molecule has 1 fully saturated rings. The molecule has 0 amide bonds. The van der Waals surface area contributed by atoms with Crippen LogP contribution >= 0.6 is 0 Å². The normalized spacial score (nSPS) is 17.8. The van der Waals surface area contributed by atoms with Crippen LogP contribution in [-0.2, 0) is 4.74 Å². The number of anilines is 1. The fraction of sp³-hybridized carbons (Fsp3) is 0.684. The Hall–Kier alpha value is -1.89.